The third-order valence-electron chi connectivity index (χ3n) is 22.6. The van der Waals surface area contributed by atoms with Crippen LogP contribution in [0.15, 0.2) is 170 Å². The second kappa shape index (κ2) is 33.1. The molecule has 0 saturated heterocycles. The zero-order valence-electron chi connectivity index (χ0n) is 59.3. The van der Waals surface area contributed by atoms with Gasteiger partial charge in [0, 0.05) is 16.2 Å². The zero-order chi connectivity index (χ0) is 65.2. The van der Waals surface area contributed by atoms with Gasteiger partial charge in [0.25, 0.3) is 0 Å². The van der Waals surface area contributed by atoms with E-state index < -0.39 is 0 Å². The van der Waals surface area contributed by atoms with Crippen molar-refractivity contribution in [2.24, 2.45) is 0 Å². The Morgan fingerprint density at radius 2 is 0.468 bits per heavy atom. The summed E-state index contributed by atoms with van der Waals surface area (Å²) in [4.78, 5) is 0. The Morgan fingerprint density at radius 1 is 0.223 bits per heavy atom. The molecule has 8 aromatic rings. The molecule has 0 heteroatoms. The molecule has 0 radical (unpaired) electrons. The topological polar surface area (TPSA) is 0 Å². The number of benzene rings is 8. The molecule has 11 rings (SSSR count). The summed E-state index contributed by atoms with van der Waals surface area (Å²) in [5, 5.41) is 0. The number of fused-ring (bicyclic) bond motifs is 9. The minimum absolute atomic E-state index is 0.0389. The number of unbranched alkanes of at least 4 members (excludes halogenated alkanes) is 18. The first-order valence-corrected chi connectivity index (χ1v) is 38.3. The summed E-state index contributed by atoms with van der Waals surface area (Å²) in [5.74, 6) is 0. The van der Waals surface area contributed by atoms with Crippen LogP contribution < -0.4 is 0 Å². The Labute approximate surface area is 571 Å². The van der Waals surface area contributed by atoms with Crippen LogP contribution >= 0.6 is 0 Å². The molecule has 94 heavy (non-hydrogen) atoms. The minimum Gasteiger partial charge on any atom is -0.0871 e. The highest BCUT2D eigenvalue weighted by Crippen LogP contribution is 2.60. The predicted octanol–water partition coefficient (Wildman–Crippen LogP) is 29.0. The van der Waals surface area contributed by atoms with Crippen LogP contribution in [-0.4, -0.2) is 0 Å². The molecule has 0 fully saturated rings. The summed E-state index contributed by atoms with van der Waals surface area (Å²) in [6.45, 7) is 16.3. The minimum atomic E-state index is -0.0505. The lowest BCUT2D eigenvalue weighted by Gasteiger charge is -2.34. The van der Waals surface area contributed by atoms with Crippen LogP contribution in [-0.2, 0) is 16.2 Å². The highest BCUT2D eigenvalue weighted by Gasteiger charge is 2.46. The van der Waals surface area contributed by atoms with Gasteiger partial charge in [-0.05, 0) is 187 Å². The molecule has 0 aromatic heterocycles. The van der Waals surface area contributed by atoms with Crippen molar-refractivity contribution in [3.8, 4) is 55.6 Å². The predicted molar refractivity (Wildman–Crippen MR) is 414 cm³/mol. The lowest BCUT2D eigenvalue weighted by molar-refractivity contribution is 0.400. The van der Waals surface area contributed by atoms with E-state index in [2.05, 4.69) is 249 Å². The lowest BCUT2D eigenvalue weighted by Crippen LogP contribution is -2.26. The van der Waals surface area contributed by atoms with Gasteiger partial charge in [-0.15, -0.1) is 0 Å². The Hall–Kier alpha value is -7.02. The molecule has 0 nitrogen and oxygen atoms in total. The van der Waals surface area contributed by atoms with E-state index in [1.54, 1.807) is 33.4 Å². The molecular weight excluding hydrogens is 1130 g/mol. The van der Waals surface area contributed by atoms with E-state index in [9.17, 15) is 0 Å². The number of hydrogen-bond acceptors (Lipinski definition) is 0. The summed E-state index contributed by atoms with van der Waals surface area (Å²) in [7, 11) is 0. The number of allylic oxidation sites excluding steroid dienone is 1. The highest BCUT2D eigenvalue weighted by atomic mass is 14.5. The highest BCUT2D eigenvalue weighted by molar-refractivity contribution is 5.90. The van der Waals surface area contributed by atoms with Crippen molar-refractivity contribution in [2.45, 2.75) is 257 Å². The van der Waals surface area contributed by atoms with E-state index in [0.717, 1.165) is 0 Å². The second-order valence-corrected chi connectivity index (χ2v) is 29.0. The van der Waals surface area contributed by atoms with Crippen LogP contribution in [0.2, 0.25) is 0 Å². The largest absolute Gasteiger partial charge is 0.0871 e. The molecule has 3 aliphatic carbocycles. The van der Waals surface area contributed by atoms with Crippen LogP contribution in [0.5, 0.6) is 0 Å². The third kappa shape index (κ3) is 15.0. The van der Waals surface area contributed by atoms with Crippen molar-refractivity contribution in [2.75, 3.05) is 0 Å². The molecule has 490 valence electrons. The maximum Gasteiger partial charge on any atom is 0.0215 e. The molecule has 0 spiro atoms. The summed E-state index contributed by atoms with van der Waals surface area (Å²) in [6.07, 6.45) is 51.5. The number of rotatable bonds is 37. The molecule has 3 aliphatic rings. The van der Waals surface area contributed by atoms with E-state index >= 15 is 0 Å². The van der Waals surface area contributed by atoms with Gasteiger partial charge in [0.15, 0.2) is 0 Å². The fourth-order valence-electron chi connectivity index (χ4n) is 17.4. The van der Waals surface area contributed by atoms with Gasteiger partial charge < -0.3 is 0 Å². The van der Waals surface area contributed by atoms with E-state index in [0.29, 0.717) is 0 Å². The molecule has 0 aliphatic heterocycles. The normalized spacial score (nSPS) is 14.5. The summed E-state index contributed by atoms with van der Waals surface area (Å²) < 4.78 is 0. The molecule has 0 heterocycles. The van der Waals surface area contributed by atoms with E-state index in [-0.39, 0.29) is 16.2 Å². The van der Waals surface area contributed by atoms with Gasteiger partial charge >= 0.3 is 0 Å². The fraction of sp³-hybridized carbons (Fsp3) is 0.426. The summed E-state index contributed by atoms with van der Waals surface area (Å²) in [6, 6.07) is 65.9. The van der Waals surface area contributed by atoms with Gasteiger partial charge in [-0.1, -0.05) is 372 Å². The van der Waals surface area contributed by atoms with Gasteiger partial charge in [-0.25, -0.2) is 0 Å². The Bertz CT molecular complexity index is 3790. The Balaban J connectivity index is 0.966. The molecule has 0 unspecified atom stereocenters. The van der Waals surface area contributed by atoms with Gasteiger partial charge in [0.1, 0.15) is 0 Å². The molecule has 0 amide bonds. The van der Waals surface area contributed by atoms with Gasteiger partial charge in [0.2, 0.25) is 0 Å². The molecule has 0 bridgehead atoms. The molecule has 0 N–H and O–H groups in total. The van der Waals surface area contributed by atoms with Crippen LogP contribution in [0.25, 0.3) is 86.0 Å². The number of hydrogen-bond donors (Lipinski definition) is 0. The van der Waals surface area contributed by atoms with Crippen LogP contribution in [0, 0.1) is 0 Å². The molecule has 0 atom stereocenters. The zero-order valence-corrected chi connectivity index (χ0v) is 59.3. The van der Waals surface area contributed by atoms with Gasteiger partial charge in [-0.2, -0.15) is 0 Å². The average molecular weight is 1240 g/mol. The lowest BCUT2D eigenvalue weighted by atomic mass is 9.69. The summed E-state index contributed by atoms with van der Waals surface area (Å²) in [5.41, 5.74) is 30.1. The first-order valence-electron chi connectivity index (χ1n) is 38.3. The Morgan fingerprint density at radius 3 is 0.777 bits per heavy atom. The third-order valence-corrected chi connectivity index (χ3v) is 22.6. The smallest absolute Gasteiger partial charge is 0.0215 e. The van der Waals surface area contributed by atoms with E-state index in [4.69, 9.17) is 0 Å². The first-order chi connectivity index (χ1) is 46.3. The fourth-order valence-corrected chi connectivity index (χ4v) is 17.4. The average Bonchev–Trinajstić information content (AvgIpc) is 1.57. The quantitative estimate of drug-likeness (QED) is 0.0269. The monoisotopic (exact) mass is 1240 g/mol. The van der Waals surface area contributed by atoms with Crippen LogP contribution in [0.3, 0.4) is 0 Å². The van der Waals surface area contributed by atoms with E-state index in [1.165, 1.54) is 276 Å². The van der Waals surface area contributed by atoms with Crippen LogP contribution in [0.4, 0.5) is 0 Å². The second-order valence-electron chi connectivity index (χ2n) is 29.0. The molecule has 8 aromatic carbocycles. The molecule has 0 saturated carbocycles. The molecular formula is C94H114. The van der Waals surface area contributed by atoms with Crippen molar-refractivity contribution in [3.05, 3.63) is 231 Å². The van der Waals surface area contributed by atoms with Crippen molar-refractivity contribution >= 4 is 30.4 Å². The van der Waals surface area contributed by atoms with E-state index in [1.807, 2.05) is 0 Å². The SMILES string of the molecule is C/C=C/c1ccc(/C=C/c2ccc(/C=C/c3ccc4c(c3)C(CCCCCC)(CCCCCC)c3cc(-c5ccc6c(c5)C(CCCCCC)(CCCCCC)c5cc(-c7ccc8c(c7)C(CCCCCC)(CCCCCC)c7ccccc7-8)ccc5-6)ccc3-4)cc2)cc1. The van der Waals surface area contributed by atoms with Gasteiger partial charge in [0.05, 0.1) is 0 Å². The Kier molecular flexibility index (Phi) is 24.1. The van der Waals surface area contributed by atoms with Crippen molar-refractivity contribution < 1.29 is 0 Å². The maximum atomic E-state index is 2.73. The van der Waals surface area contributed by atoms with Crippen LogP contribution in [0.1, 0.15) is 302 Å². The van der Waals surface area contributed by atoms with Crippen molar-refractivity contribution in [1.29, 1.82) is 0 Å². The van der Waals surface area contributed by atoms with Crippen molar-refractivity contribution in [1.82, 2.24) is 0 Å². The standard InChI is InChI=1S/C94H114/c1-8-15-21-29-60-92(61-30-22-16-9-2)86-37-28-27-36-80(86)82-56-51-76(67-88(82)92)78-53-58-84-85-59-54-79(70-91(85)94(90(84)69-78,64-33-25-19-12-5)65-34-26-20-13-6)77-52-57-83-81-55-50-75(66-87(81)93(89(83)68-77,62-31-23-17-10-3)63-32-24-18-11-4)49-48-74-46-44-73(45-47-74)43-42-72-40-38-71(35-14-7)39-41-72/h14,27-28,35-59,66-70H,8-13,15-26,29-34,60-65H2,1-7H3/b35-14+,43-42+,49-48+. The maximum absolute atomic E-state index is 2.73. The van der Waals surface area contributed by atoms with Crippen molar-refractivity contribution in [3.63, 3.8) is 0 Å². The summed E-state index contributed by atoms with van der Waals surface area (Å²) >= 11 is 0. The van der Waals surface area contributed by atoms with Gasteiger partial charge in [-0.3, -0.25) is 0 Å². The first kappa shape index (κ1) is 68.4.